The van der Waals surface area contributed by atoms with E-state index in [1.54, 1.807) is 14.0 Å². The number of imide groups is 1. The van der Waals surface area contributed by atoms with Gasteiger partial charge in [0.05, 0.1) is 20.8 Å². The molecule has 136 valence electrons. The van der Waals surface area contributed by atoms with Gasteiger partial charge in [-0.25, -0.2) is 9.69 Å². The molecule has 2 aromatic carbocycles. The van der Waals surface area contributed by atoms with Crippen LogP contribution in [0, 0.1) is 0 Å². The van der Waals surface area contributed by atoms with Crippen molar-refractivity contribution in [2.75, 3.05) is 11.9 Å². The number of carbonyl (C=O) groups is 2. The van der Waals surface area contributed by atoms with Crippen molar-refractivity contribution in [1.82, 2.24) is 4.90 Å². The quantitative estimate of drug-likeness (QED) is 0.414. The first kappa shape index (κ1) is 19.5. The van der Waals surface area contributed by atoms with Crippen molar-refractivity contribution in [2.45, 2.75) is 18.9 Å². The zero-order valence-corrected chi connectivity index (χ0v) is 17.7. The molecule has 1 atom stereocenters. The summed E-state index contributed by atoms with van der Waals surface area (Å²) in [6.45, 7) is 1.74. The third-order valence-electron chi connectivity index (χ3n) is 4.57. The van der Waals surface area contributed by atoms with E-state index < -0.39 is 11.6 Å². The molecule has 3 amide bonds. The molecule has 1 saturated heterocycles. The van der Waals surface area contributed by atoms with E-state index in [1.165, 1.54) is 17.0 Å². The lowest BCUT2D eigenvalue weighted by Gasteiger charge is -2.28. The molecule has 0 aromatic heterocycles. The number of carbonyl (C=O) groups excluding carboxylic acids is 2. The molecular weight excluding hydrogens is 462 g/mol. The Kier molecular flexibility index (Phi) is 5.28. The molecule has 8 heteroatoms. The van der Waals surface area contributed by atoms with Crippen LogP contribution in [0.2, 0.25) is 15.1 Å². The molecule has 0 aliphatic carbocycles. The Hall–Kier alpha value is -1.27. The zero-order chi connectivity index (χ0) is 19.2. The molecule has 26 heavy (non-hydrogen) atoms. The fraction of sp³-hybridized carbons (Fsp3) is 0.222. The van der Waals surface area contributed by atoms with Gasteiger partial charge in [0.1, 0.15) is 5.54 Å². The molecule has 0 unspecified atom stereocenters. The number of nitrogens with zero attached hydrogens (tertiary/aromatic N) is 2. The second-order valence-electron chi connectivity index (χ2n) is 6.28. The molecule has 1 fully saturated rings. The van der Waals surface area contributed by atoms with Crippen LogP contribution in [0.15, 0.2) is 40.9 Å². The summed E-state index contributed by atoms with van der Waals surface area (Å²) in [5.41, 5.74) is 0.215. The summed E-state index contributed by atoms with van der Waals surface area (Å²) in [6, 6.07) is 10.1. The minimum atomic E-state index is -1.02. The first-order valence-corrected chi connectivity index (χ1v) is 9.59. The maximum Gasteiger partial charge on any atom is 0.332 e. The molecule has 1 aliphatic rings. The highest BCUT2D eigenvalue weighted by molar-refractivity contribution is 9.10. The van der Waals surface area contributed by atoms with Crippen LogP contribution < -0.4 is 4.90 Å². The molecule has 0 bridgehead atoms. The number of halogens is 4. The minimum absolute atomic E-state index is 0.180. The summed E-state index contributed by atoms with van der Waals surface area (Å²) in [7, 11) is 1.61. The summed E-state index contributed by atoms with van der Waals surface area (Å²) in [5.74, 6) is -0.345. The van der Waals surface area contributed by atoms with Gasteiger partial charge in [0.2, 0.25) is 0 Å². The molecule has 0 radical (unpaired) electrons. The fourth-order valence-corrected chi connectivity index (χ4v) is 3.77. The zero-order valence-electron chi connectivity index (χ0n) is 13.9. The summed E-state index contributed by atoms with van der Waals surface area (Å²) in [5, 5.41) is 0.542. The number of hydrogen-bond donors (Lipinski definition) is 0. The number of urea groups is 1. The van der Waals surface area contributed by atoms with Crippen molar-refractivity contribution >= 4 is 68.4 Å². The highest BCUT2D eigenvalue weighted by Gasteiger charge is 2.53. The van der Waals surface area contributed by atoms with Crippen LogP contribution in [-0.4, -0.2) is 29.4 Å². The average molecular weight is 477 g/mol. The molecule has 0 saturated carbocycles. The topological polar surface area (TPSA) is 40.6 Å². The van der Waals surface area contributed by atoms with Gasteiger partial charge in [-0.1, -0.05) is 62.9 Å². The second kappa shape index (κ2) is 7.04. The molecule has 3 rings (SSSR count). The van der Waals surface area contributed by atoms with Crippen molar-refractivity contribution < 1.29 is 9.59 Å². The lowest BCUT2D eigenvalue weighted by atomic mass is 9.91. The average Bonchev–Trinajstić information content (AvgIpc) is 2.75. The van der Waals surface area contributed by atoms with Gasteiger partial charge < -0.3 is 4.90 Å². The van der Waals surface area contributed by atoms with Crippen LogP contribution in [0.3, 0.4) is 0 Å². The Balaban J connectivity index is 1.99. The lowest BCUT2D eigenvalue weighted by molar-refractivity contribution is -0.123. The van der Waals surface area contributed by atoms with E-state index in [4.69, 9.17) is 34.8 Å². The molecule has 4 nitrogen and oxygen atoms in total. The molecule has 1 aliphatic heterocycles. The van der Waals surface area contributed by atoms with Crippen LogP contribution in [0.25, 0.3) is 0 Å². The van der Waals surface area contributed by atoms with E-state index in [0.717, 1.165) is 14.9 Å². The monoisotopic (exact) mass is 474 g/mol. The SMILES string of the molecule is CN1C(=O)N(c2cc(Cl)c(Cl)c(Cl)c2)C(=O)[C@@]1(C)Cc1ccc(Br)cc1. The minimum Gasteiger partial charge on any atom is -0.312 e. The molecule has 2 aromatic rings. The Morgan fingerprint density at radius 3 is 2.12 bits per heavy atom. The van der Waals surface area contributed by atoms with Crippen LogP contribution in [0.4, 0.5) is 10.5 Å². The Morgan fingerprint density at radius 2 is 1.58 bits per heavy atom. The normalized spacial score (nSPS) is 20.2. The van der Waals surface area contributed by atoms with Gasteiger partial charge in [0, 0.05) is 17.9 Å². The highest BCUT2D eigenvalue weighted by Crippen LogP contribution is 2.39. The van der Waals surface area contributed by atoms with Gasteiger partial charge in [-0.2, -0.15) is 0 Å². The summed E-state index contributed by atoms with van der Waals surface area (Å²) in [4.78, 5) is 28.5. The van der Waals surface area contributed by atoms with Crippen molar-refractivity contribution in [2.24, 2.45) is 0 Å². The van der Waals surface area contributed by atoms with Gasteiger partial charge in [-0.05, 0) is 36.8 Å². The molecule has 1 heterocycles. The number of benzene rings is 2. The highest BCUT2D eigenvalue weighted by atomic mass is 79.9. The van der Waals surface area contributed by atoms with E-state index in [9.17, 15) is 9.59 Å². The largest absolute Gasteiger partial charge is 0.332 e. The third kappa shape index (κ3) is 3.22. The smallest absolute Gasteiger partial charge is 0.312 e. The maximum absolute atomic E-state index is 13.2. The number of amides is 3. The maximum atomic E-state index is 13.2. The number of rotatable bonds is 3. The third-order valence-corrected chi connectivity index (χ3v) is 6.30. The first-order valence-electron chi connectivity index (χ1n) is 7.66. The van der Waals surface area contributed by atoms with Crippen LogP contribution in [-0.2, 0) is 11.2 Å². The van der Waals surface area contributed by atoms with Crippen molar-refractivity contribution in [1.29, 1.82) is 0 Å². The van der Waals surface area contributed by atoms with Gasteiger partial charge in [-0.3, -0.25) is 4.79 Å². The molecular formula is C18H14BrCl3N2O2. The number of anilines is 1. The summed E-state index contributed by atoms with van der Waals surface area (Å²) in [6.07, 6.45) is 0.382. The molecule has 0 N–H and O–H groups in total. The predicted molar refractivity (Wildman–Crippen MR) is 108 cm³/mol. The Bertz CT molecular complexity index is 881. The van der Waals surface area contributed by atoms with E-state index in [-0.39, 0.29) is 21.0 Å². The molecule has 0 spiro atoms. The lowest BCUT2D eigenvalue weighted by Crippen LogP contribution is -2.47. The van der Waals surface area contributed by atoms with Crippen molar-refractivity contribution in [3.05, 3.63) is 61.5 Å². The van der Waals surface area contributed by atoms with Crippen LogP contribution in [0.5, 0.6) is 0 Å². The van der Waals surface area contributed by atoms with E-state index in [2.05, 4.69) is 15.9 Å². The fourth-order valence-electron chi connectivity index (χ4n) is 2.93. The van der Waals surface area contributed by atoms with E-state index in [1.807, 2.05) is 24.3 Å². The van der Waals surface area contributed by atoms with Crippen LogP contribution in [0.1, 0.15) is 12.5 Å². The number of hydrogen-bond acceptors (Lipinski definition) is 2. The van der Waals surface area contributed by atoms with Crippen molar-refractivity contribution in [3.63, 3.8) is 0 Å². The van der Waals surface area contributed by atoms with Gasteiger partial charge in [0.15, 0.2) is 0 Å². The van der Waals surface area contributed by atoms with E-state index in [0.29, 0.717) is 12.1 Å². The second-order valence-corrected chi connectivity index (χ2v) is 8.39. The first-order chi connectivity index (χ1) is 12.1. The Morgan fingerprint density at radius 1 is 1.04 bits per heavy atom. The van der Waals surface area contributed by atoms with Crippen molar-refractivity contribution in [3.8, 4) is 0 Å². The van der Waals surface area contributed by atoms with Crippen LogP contribution >= 0.6 is 50.7 Å². The van der Waals surface area contributed by atoms with Gasteiger partial charge in [-0.15, -0.1) is 0 Å². The van der Waals surface area contributed by atoms with Gasteiger partial charge in [0.25, 0.3) is 5.91 Å². The summed E-state index contributed by atoms with van der Waals surface area (Å²) < 4.78 is 0.945. The Labute approximate surface area is 174 Å². The van der Waals surface area contributed by atoms with Gasteiger partial charge >= 0.3 is 6.03 Å². The van der Waals surface area contributed by atoms with E-state index >= 15 is 0 Å². The summed E-state index contributed by atoms with van der Waals surface area (Å²) >= 11 is 21.5. The predicted octanol–water partition coefficient (Wildman–Crippen LogP) is 5.81. The standard InChI is InChI=1S/C18H14BrCl3N2O2/c1-18(9-10-3-5-11(19)6-4-10)16(25)24(17(26)23(18)2)12-7-13(20)15(22)14(21)8-12/h3-8H,9H2,1-2H3/t18-/m1/s1. The number of likely N-dealkylation sites (N-methyl/N-ethyl adjacent to an activating group) is 1.